The maximum atomic E-state index is 12.6. The molecule has 3 amide bonds. The number of epoxide rings is 1. The van der Waals surface area contributed by atoms with Crippen LogP contribution in [0.25, 0.3) is 0 Å². The number of nitrogens with one attached hydrogen (secondary N) is 3. The fourth-order valence-corrected chi connectivity index (χ4v) is 2.91. The van der Waals surface area contributed by atoms with Crippen LogP contribution in [0.4, 0.5) is 0 Å². The summed E-state index contributed by atoms with van der Waals surface area (Å²) in [7, 11) is 1.38. The van der Waals surface area contributed by atoms with Gasteiger partial charge >= 0.3 is 0 Å². The lowest BCUT2D eigenvalue weighted by Crippen LogP contribution is -2.53. The predicted molar refractivity (Wildman–Crippen MR) is 108 cm³/mol. The van der Waals surface area contributed by atoms with Gasteiger partial charge in [0, 0.05) is 13.2 Å². The SMILES string of the molecule is COC[C@H](NC(=O)c1cc(C)on1)C(=O)NCC(=O)N[C@@H](CC(C)C)C(=O)[C@]1(C)CO1. The highest BCUT2D eigenvalue weighted by Gasteiger charge is 2.50. The van der Waals surface area contributed by atoms with Crippen molar-refractivity contribution in [2.24, 2.45) is 5.92 Å². The number of aromatic nitrogens is 1. The lowest BCUT2D eigenvalue weighted by molar-refractivity contribution is -0.131. The predicted octanol–water partition coefficient (Wildman–Crippen LogP) is -0.267. The third-order valence-corrected chi connectivity index (χ3v) is 4.70. The van der Waals surface area contributed by atoms with E-state index in [1.165, 1.54) is 13.2 Å². The van der Waals surface area contributed by atoms with Gasteiger partial charge in [0.2, 0.25) is 11.8 Å². The van der Waals surface area contributed by atoms with E-state index >= 15 is 0 Å². The Bertz CT molecular complexity index is 816. The molecule has 1 fully saturated rings. The molecule has 1 aliphatic heterocycles. The van der Waals surface area contributed by atoms with Crippen molar-refractivity contribution in [1.82, 2.24) is 21.1 Å². The molecule has 11 heteroatoms. The number of hydrogen-bond donors (Lipinski definition) is 3. The first-order valence-corrected chi connectivity index (χ1v) is 10.0. The maximum Gasteiger partial charge on any atom is 0.274 e. The molecular weight excluding hydrogens is 408 g/mol. The van der Waals surface area contributed by atoms with Crippen molar-refractivity contribution in [3.05, 3.63) is 17.5 Å². The molecule has 1 aromatic rings. The smallest absolute Gasteiger partial charge is 0.274 e. The normalized spacial score (nSPS) is 19.4. The van der Waals surface area contributed by atoms with Crippen LogP contribution >= 0.6 is 0 Å². The van der Waals surface area contributed by atoms with Gasteiger partial charge in [0.05, 0.1) is 25.8 Å². The van der Waals surface area contributed by atoms with Crippen LogP contribution in [0, 0.1) is 12.8 Å². The van der Waals surface area contributed by atoms with Crippen LogP contribution in [0.3, 0.4) is 0 Å². The summed E-state index contributed by atoms with van der Waals surface area (Å²) >= 11 is 0. The molecule has 11 nitrogen and oxygen atoms in total. The molecule has 1 aromatic heterocycles. The molecule has 0 unspecified atom stereocenters. The molecule has 0 aromatic carbocycles. The lowest BCUT2D eigenvalue weighted by Gasteiger charge is -2.22. The highest BCUT2D eigenvalue weighted by atomic mass is 16.6. The van der Waals surface area contributed by atoms with Gasteiger partial charge in [0.15, 0.2) is 11.5 Å². The molecular formula is C20H30N4O7. The monoisotopic (exact) mass is 438 g/mol. The number of aryl methyl sites for hydroxylation is 1. The minimum absolute atomic E-state index is 0.0231. The Morgan fingerprint density at radius 1 is 1.23 bits per heavy atom. The van der Waals surface area contributed by atoms with Crippen molar-refractivity contribution in [2.45, 2.75) is 51.8 Å². The van der Waals surface area contributed by atoms with Crippen LogP contribution < -0.4 is 16.0 Å². The molecule has 0 spiro atoms. The summed E-state index contributed by atoms with van der Waals surface area (Å²) in [5.41, 5.74) is -0.835. The number of carbonyl (C=O) groups is 4. The van der Waals surface area contributed by atoms with Crippen LogP contribution in [0.15, 0.2) is 10.6 Å². The largest absolute Gasteiger partial charge is 0.382 e. The van der Waals surface area contributed by atoms with Gasteiger partial charge in [-0.05, 0) is 26.2 Å². The van der Waals surface area contributed by atoms with Gasteiger partial charge in [-0.1, -0.05) is 19.0 Å². The number of rotatable bonds is 12. The number of ketones is 1. The van der Waals surface area contributed by atoms with E-state index in [2.05, 4.69) is 21.1 Å². The van der Waals surface area contributed by atoms with Gasteiger partial charge in [0.1, 0.15) is 17.4 Å². The fourth-order valence-electron chi connectivity index (χ4n) is 2.91. The quantitative estimate of drug-likeness (QED) is 0.377. The molecule has 172 valence electrons. The Morgan fingerprint density at radius 3 is 2.42 bits per heavy atom. The first kappa shape index (κ1) is 24.5. The van der Waals surface area contributed by atoms with Gasteiger partial charge in [0.25, 0.3) is 5.91 Å². The molecule has 0 bridgehead atoms. The lowest BCUT2D eigenvalue weighted by atomic mass is 9.93. The van der Waals surface area contributed by atoms with Crippen molar-refractivity contribution in [2.75, 3.05) is 26.9 Å². The zero-order chi connectivity index (χ0) is 23.2. The Hall–Kier alpha value is -2.79. The van der Waals surface area contributed by atoms with Gasteiger partial charge in [-0.15, -0.1) is 0 Å². The minimum Gasteiger partial charge on any atom is -0.382 e. The minimum atomic E-state index is -1.05. The zero-order valence-corrected chi connectivity index (χ0v) is 18.4. The van der Waals surface area contributed by atoms with Crippen LogP contribution in [0.5, 0.6) is 0 Å². The van der Waals surface area contributed by atoms with Crippen molar-refractivity contribution in [3.63, 3.8) is 0 Å². The number of nitrogens with zero attached hydrogens (tertiary/aromatic N) is 1. The second-order valence-electron chi connectivity index (χ2n) is 8.16. The maximum absolute atomic E-state index is 12.6. The number of methoxy groups -OCH3 is 1. The molecule has 0 saturated carbocycles. The van der Waals surface area contributed by atoms with Crippen molar-refractivity contribution in [1.29, 1.82) is 0 Å². The van der Waals surface area contributed by atoms with Gasteiger partial charge in [-0.3, -0.25) is 19.2 Å². The summed E-state index contributed by atoms with van der Waals surface area (Å²) < 4.78 is 15.0. The fraction of sp³-hybridized carbons (Fsp3) is 0.650. The van der Waals surface area contributed by atoms with Crippen LogP contribution in [-0.2, 0) is 23.9 Å². The number of amides is 3. The third kappa shape index (κ3) is 7.14. The molecule has 3 N–H and O–H groups in total. The summed E-state index contributed by atoms with van der Waals surface area (Å²) in [6, 6.07) is -0.323. The van der Waals surface area contributed by atoms with E-state index in [-0.39, 0.29) is 30.5 Å². The van der Waals surface area contributed by atoms with E-state index in [0.29, 0.717) is 18.8 Å². The molecule has 2 rings (SSSR count). The van der Waals surface area contributed by atoms with E-state index in [9.17, 15) is 19.2 Å². The Kier molecular flexibility index (Phi) is 8.28. The molecule has 1 saturated heterocycles. The highest BCUT2D eigenvalue weighted by Crippen LogP contribution is 2.29. The van der Waals surface area contributed by atoms with Crippen LogP contribution in [-0.4, -0.2) is 73.2 Å². The summed E-state index contributed by atoms with van der Waals surface area (Å²) in [5.74, 6) is -1.31. The highest BCUT2D eigenvalue weighted by molar-refractivity contribution is 5.98. The number of Topliss-reactive ketones (excluding diaryl/α,β-unsaturated/α-hetero) is 1. The first-order valence-electron chi connectivity index (χ1n) is 10.0. The molecule has 1 aliphatic rings. The molecule has 31 heavy (non-hydrogen) atoms. The number of carbonyl (C=O) groups excluding carboxylic acids is 4. The van der Waals surface area contributed by atoms with E-state index in [0.717, 1.165) is 0 Å². The molecule has 0 aliphatic carbocycles. The van der Waals surface area contributed by atoms with E-state index in [1.54, 1.807) is 13.8 Å². The average molecular weight is 438 g/mol. The summed E-state index contributed by atoms with van der Waals surface area (Å²) in [4.78, 5) is 49.6. The number of ether oxygens (including phenoxy) is 2. The second-order valence-corrected chi connectivity index (χ2v) is 8.16. The van der Waals surface area contributed by atoms with Gasteiger partial charge < -0.3 is 29.9 Å². The Morgan fingerprint density at radius 2 is 1.90 bits per heavy atom. The Labute approximate surface area is 180 Å². The molecule has 0 radical (unpaired) electrons. The van der Waals surface area contributed by atoms with Crippen LogP contribution in [0.1, 0.15) is 43.4 Å². The summed E-state index contributed by atoms with van der Waals surface area (Å²) in [5, 5.41) is 11.2. The van der Waals surface area contributed by atoms with Crippen molar-refractivity contribution < 1.29 is 33.2 Å². The first-order chi connectivity index (χ1) is 14.6. The van der Waals surface area contributed by atoms with Gasteiger partial charge in [-0.25, -0.2) is 0 Å². The van der Waals surface area contributed by atoms with Gasteiger partial charge in [-0.2, -0.15) is 0 Å². The Balaban J connectivity index is 1.90. The zero-order valence-electron chi connectivity index (χ0n) is 18.4. The number of hydrogen-bond acceptors (Lipinski definition) is 8. The second kappa shape index (κ2) is 10.5. The topological polar surface area (TPSA) is 152 Å². The van der Waals surface area contributed by atoms with Crippen molar-refractivity contribution >= 4 is 23.5 Å². The summed E-state index contributed by atoms with van der Waals surface area (Å²) in [6.07, 6.45) is 0.455. The van der Waals surface area contributed by atoms with E-state index in [1.807, 2.05) is 13.8 Å². The molecule has 3 atom stereocenters. The van der Waals surface area contributed by atoms with Crippen molar-refractivity contribution in [3.8, 4) is 0 Å². The molecule has 2 heterocycles. The van der Waals surface area contributed by atoms with E-state index < -0.39 is 35.4 Å². The van der Waals surface area contributed by atoms with E-state index in [4.69, 9.17) is 14.0 Å². The third-order valence-electron chi connectivity index (χ3n) is 4.70. The standard InChI is InChI=1S/C20H30N4O7/c1-11(2)6-13(17(26)20(4)10-30-20)22-16(25)8-21-18(27)15(9-29-5)23-19(28)14-7-12(3)31-24-14/h7,11,13,15H,6,8-10H2,1-5H3,(H,21,27)(H,22,25)(H,23,28)/t13-,15-,20-/m0/s1. The van der Waals surface area contributed by atoms with Crippen LogP contribution in [0.2, 0.25) is 0 Å². The summed E-state index contributed by atoms with van der Waals surface area (Å²) in [6.45, 7) is 7.06. The average Bonchev–Trinajstić information content (AvgIpc) is 3.30.